The molecule has 0 amide bonds. The molecule has 0 aromatic carbocycles. The first kappa shape index (κ1) is 11.8. The summed E-state index contributed by atoms with van der Waals surface area (Å²) in [5, 5.41) is 4.75. The van der Waals surface area contributed by atoms with Crippen molar-refractivity contribution in [3.63, 3.8) is 0 Å². The molecule has 88 valence electrons. The van der Waals surface area contributed by atoms with Crippen molar-refractivity contribution in [3.05, 3.63) is 0 Å². The Bertz CT molecular complexity index is 205. The fourth-order valence-corrected chi connectivity index (χ4v) is 4.61. The van der Waals surface area contributed by atoms with E-state index in [4.69, 9.17) is 0 Å². The van der Waals surface area contributed by atoms with Gasteiger partial charge in [0.1, 0.15) is 0 Å². The predicted molar refractivity (Wildman–Crippen MR) is 69.4 cm³/mol. The molecule has 1 saturated carbocycles. The quantitative estimate of drug-likeness (QED) is 0.777. The summed E-state index contributed by atoms with van der Waals surface area (Å²) in [6.45, 7) is 7.08. The minimum absolute atomic E-state index is 0.784. The lowest BCUT2D eigenvalue weighted by molar-refractivity contribution is 0.231. The summed E-state index contributed by atoms with van der Waals surface area (Å²) in [5.74, 6) is 3.21. The molecular weight excluding hydrogens is 202 g/mol. The SMILES string of the molecule is CCC1CSC2CC(C(C)C)CCC2N1. The second-order valence-corrected chi connectivity index (χ2v) is 6.84. The first-order chi connectivity index (χ1) is 7.20. The number of hydrogen-bond acceptors (Lipinski definition) is 2. The molecule has 1 aliphatic heterocycles. The van der Waals surface area contributed by atoms with Crippen LogP contribution < -0.4 is 5.32 Å². The molecule has 1 saturated heterocycles. The van der Waals surface area contributed by atoms with Gasteiger partial charge in [0.15, 0.2) is 0 Å². The van der Waals surface area contributed by atoms with Crippen LogP contribution in [0, 0.1) is 11.8 Å². The van der Waals surface area contributed by atoms with E-state index in [1.807, 2.05) is 0 Å². The number of thioether (sulfide) groups is 1. The maximum Gasteiger partial charge on any atom is 0.0204 e. The van der Waals surface area contributed by atoms with Crippen LogP contribution in [0.3, 0.4) is 0 Å². The van der Waals surface area contributed by atoms with Gasteiger partial charge in [0, 0.05) is 23.1 Å². The Balaban J connectivity index is 1.89. The van der Waals surface area contributed by atoms with Gasteiger partial charge in [0.2, 0.25) is 0 Å². The van der Waals surface area contributed by atoms with Gasteiger partial charge in [-0.05, 0) is 37.5 Å². The van der Waals surface area contributed by atoms with Crippen molar-refractivity contribution >= 4 is 11.8 Å². The molecule has 1 heterocycles. The topological polar surface area (TPSA) is 12.0 Å². The van der Waals surface area contributed by atoms with E-state index in [-0.39, 0.29) is 0 Å². The van der Waals surface area contributed by atoms with Gasteiger partial charge in [-0.25, -0.2) is 0 Å². The highest BCUT2D eigenvalue weighted by Gasteiger charge is 2.35. The summed E-state index contributed by atoms with van der Waals surface area (Å²) >= 11 is 2.24. The minimum atomic E-state index is 0.784. The number of hydrogen-bond donors (Lipinski definition) is 1. The van der Waals surface area contributed by atoms with E-state index in [2.05, 4.69) is 37.8 Å². The highest BCUT2D eigenvalue weighted by atomic mass is 32.2. The van der Waals surface area contributed by atoms with Gasteiger partial charge in [-0.15, -0.1) is 0 Å². The fourth-order valence-electron chi connectivity index (χ4n) is 2.97. The molecule has 0 radical (unpaired) electrons. The van der Waals surface area contributed by atoms with Crippen LogP contribution in [-0.4, -0.2) is 23.1 Å². The van der Waals surface area contributed by atoms with Crippen molar-refractivity contribution in [2.45, 2.75) is 63.8 Å². The van der Waals surface area contributed by atoms with E-state index in [0.29, 0.717) is 0 Å². The summed E-state index contributed by atoms with van der Waals surface area (Å²) in [6.07, 6.45) is 5.61. The lowest BCUT2D eigenvalue weighted by Gasteiger charge is -2.43. The minimum Gasteiger partial charge on any atom is -0.309 e. The Morgan fingerprint density at radius 3 is 2.80 bits per heavy atom. The standard InChI is InChI=1S/C13H25NS/c1-4-11-8-15-13-7-10(9(2)3)5-6-12(13)14-11/h9-14H,4-8H2,1-3H3. The number of nitrogens with one attached hydrogen (secondary N) is 1. The third-order valence-corrected chi connectivity index (χ3v) is 5.77. The van der Waals surface area contributed by atoms with Crippen molar-refractivity contribution in [1.82, 2.24) is 5.32 Å². The zero-order valence-corrected chi connectivity index (χ0v) is 11.1. The smallest absolute Gasteiger partial charge is 0.0204 e. The molecule has 0 spiro atoms. The van der Waals surface area contributed by atoms with Gasteiger partial charge in [-0.3, -0.25) is 0 Å². The third kappa shape index (κ3) is 2.71. The second-order valence-electron chi connectivity index (χ2n) is 5.57. The molecular formula is C13H25NS. The van der Waals surface area contributed by atoms with Crippen molar-refractivity contribution in [1.29, 1.82) is 0 Å². The van der Waals surface area contributed by atoms with Crippen LogP contribution >= 0.6 is 11.8 Å². The Hall–Kier alpha value is 0.310. The largest absolute Gasteiger partial charge is 0.309 e. The van der Waals surface area contributed by atoms with Crippen LogP contribution in [-0.2, 0) is 0 Å². The highest BCUT2D eigenvalue weighted by molar-refractivity contribution is 8.00. The average Bonchev–Trinajstić information content (AvgIpc) is 2.27. The number of fused-ring (bicyclic) bond motifs is 1. The van der Waals surface area contributed by atoms with E-state index < -0.39 is 0 Å². The van der Waals surface area contributed by atoms with Crippen molar-refractivity contribution < 1.29 is 0 Å². The molecule has 1 aliphatic carbocycles. The molecule has 1 nitrogen and oxygen atoms in total. The van der Waals surface area contributed by atoms with E-state index in [9.17, 15) is 0 Å². The molecule has 1 N–H and O–H groups in total. The molecule has 2 fully saturated rings. The third-order valence-electron chi connectivity index (χ3n) is 4.23. The molecule has 2 rings (SSSR count). The summed E-state index contributed by atoms with van der Waals surface area (Å²) < 4.78 is 0. The van der Waals surface area contributed by atoms with Gasteiger partial charge in [-0.1, -0.05) is 20.8 Å². The van der Waals surface area contributed by atoms with Gasteiger partial charge < -0.3 is 5.32 Å². The summed E-state index contributed by atoms with van der Waals surface area (Å²) in [5.41, 5.74) is 0. The first-order valence-corrected chi connectivity index (χ1v) is 7.63. The maximum atomic E-state index is 3.84. The monoisotopic (exact) mass is 227 g/mol. The van der Waals surface area contributed by atoms with E-state index in [1.54, 1.807) is 0 Å². The molecule has 4 unspecified atom stereocenters. The lowest BCUT2D eigenvalue weighted by atomic mass is 9.79. The van der Waals surface area contributed by atoms with Crippen molar-refractivity contribution in [2.24, 2.45) is 11.8 Å². The molecule has 4 atom stereocenters. The zero-order valence-electron chi connectivity index (χ0n) is 10.3. The predicted octanol–water partition coefficient (Wildman–Crippen LogP) is 3.29. The average molecular weight is 227 g/mol. The summed E-state index contributed by atoms with van der Waals surface area (Å²) in [7, 11) is 0. The molecule has 15 heavy (non-hydrogen) atoms. The molecule has 0 bridgehead atoms. The van der Waals surface area contributed by atoms with Crippen molar-refractivity contribution in [2.75, 3.05) is 5.75 Å². The normalized spacial score (nSPS) is 41.6. The van der Waals surface area contributed by atoms with Crippen LogP contribution in [0.5, 0.6) is 0 Å². The zero-order chi connectivity index (χ0) is 10.8. The van der Waals surface area contributed by atoms with Crippen LogP contribution in [0.25, 0.3) is 0 Å². The van der Waals surface area contributed by atoms with Crippen LogP contribution in [0.1, 0.15) is 46.5 Å². The molecule has 0 aromatic rings. The van der Waals surface area contributed by atoms with Crippen LogP contribution in [0.4, 0.5) is 0 Å². The Morgan fingerprint density at radius 1 is 1.33 bits per heavy atom. The summed E-state index contributed by atoms with van der Waals surface area (Å²) in [6, 6.07) is 1.61. The Kier molecular flexibility index (Phi) is 4.00. The lowest BCUT2D eigenvalue weighted by Crippen LogP contribution is -2.52. The van der Waals surface area contributed by atoms with Crippen LogP contribution in [0.15, 0.2) is 0 Å². The fraction of sp³-hybridized carbons (Fsp3) is 1.00. The van der Waals surface area contributed by atoms with Gasteiger partial charge >= 0.3 is 0 Å². The Labute approximate surface area is 98.8 Å². The second kappa shape index (κ2) is 5.09. The highest BCUT2D eigenvalue weighted by Crippen LogP contribution is 2.38. The maximum absolute atomic E-state index is 3.84. The Morgan fingerprint density at radius 2 is 2.13 bits per heavy atom. The van der Waals surface area contributed by atoms with E-state index >= 15 is 0 Å². The van der Waals surface area contributed by atoms with Gasteiger partial charge in [-0.2, -0.15) is 11.8 Å². The van der Waals surface area contributed by atoms with E-state index in [1.165, 1.54) is 31.4 Å². The molecule has 2 heteroatoms. The van der Waals surface area contributed by atoms with E-state index in [0.717, 1.165) is 29.2 Å². The first-order valence-electron chi connectivity index (χ1n) is 6.58. The summed E-state index contributed by atoms with van der Waals surface area (Å²) in [4.78, 5) is 0. The molecule has 0 aromatic heterocycles. The van der Waals surface area contributed by atoms with Gasteiger partial charge in [0.05, 0.1) is 0 Å². The molecule has 2 aliphatic rings. The number of rotatable bonds is 2. The van der Waals surface area contributed by atoms with Gasteiger partial charge in [0.25, 0.3) is 0 Å². The van der Waals surface area contributed by atoms with Crippen LogP contribution in [0.2, 0.25) is 0 Å². The van der Waals surface area contributed by atoms with Crippen molar-refractivity contribution in [3.8, 4) is 0 Å².